The lowest BCUT2D eigenvalue weighted by Gasteiger charge is -2.11. The summed E-state index contributed by atoms with van der Waals surface area (Å²) in [6.45, 7) is 0. The molecule has 0 unspecified atom stereocenters. The van der Waals surface area contributed by atoms with Gasteiger partial charge in [0, 0.05) is 27.5 Å². The Balaban J connectivity index is 1.56. The van der Waals surface area contributed by atoms with Gasteiger partial charge in [0.15, 0.2) is 17.5 Å². The van der Waals surface area contributed by atoms with Crippen molar-refractivity contribution in [2.24, 2.45) is 0 Å². The summed E-state index contributed by atoms with van der Waals surface area (Å²) in [5.41, 5.74) is 6.59. The molecule has 37 heavy (non-hydrogen) atoms. The van der Waals surface area contributed by atoms with Gasteiger partial charge < -0.3 is 4.42 Å². The van der Waals surface area contributed by atoms with E-state index < -0.39 is 0 Å². The topological polar surface area (TPSA) is 51.8 Å². The van der Waals surface area contributed by atoms with Crippen LogP contribution in [0.15, 0.2) is 132 Å². The van der Waals surface area contributed by atoms with Gasteiger partial charge in [-0.2, -0.15) is 0 Å². The van der Waals surface area contributed by atoms with Crippen LogP contribution in [0.1, 0.15) is 0 Å². The molecular formula is C33H21N3O. The van der Waals surface area contributed by atoms with Crippen molar-refractivity contribution in [1.29, 1.82) is 0 Å². The van der Waals surface area contributed by atoms with Gasteiger partial charge in [0.1, 0.15) is 11.2 Å². The number of rotatable bonds is 4. The van der Waals surface area contributed by atoms with Crippen LogP contribution >= 0.6 is 0 Å². The second kappa shape index (κ2) is 8.85. The van der Waals surface area contributed by atoms with E-state index in [0.717, 1.165) is 49.8 Å². The fourth-order valence-corrected chi connectivity index (χ4v) is 4.76. The second-order valence-electron chi connectivity index (χ2n) is 8.90. The third kappa shape index (κ3) is 3.85. The Morgan fingerprint density at radius 2 is 0.919 bits per heavy atom. The molecule has 4 nitrogen and oxygen atoms in total. The number of benzene rings is 5. The number of furan rings is 1. The smallest absolute Gasteiger partial charge is 0.164 e. The maximum absolute atomic E-state index is 6.34. The second-order valence-corrected chi connectivity index (χ2v) is 8.90. The van der Waals surface area contributed by atoms with Crippen LogP contribution in [-0.4, -0.2) is 15.0 Å². The minimum absolute atomic E-state index is 0.613. The Labute approximate surface area is 213 Å². The summed E-state index contributed by atoms with van der Waals surface area (Å²) in [4.78, 5) is 14.9. The molecule has 0 radical (unpaired) electrons. The van der Waals surface area contributed by atoms with Crippen LogP contribution in [-0.2, 0) is 0 Å². The average molecular weight is 476 g/mol. The van der Waals surface area contributed by atoms with Gasteiger partial charge in [-0.3, -0.25) is 0 Å². The molecule has 0 fully saturated rings. The Kier molecular flexibility index (Phi) is 5.07. The van der Waals surface area contributed by atoms with Gasteiger partial charge >= 0.3 is 0 Å². The fourth-order valence-electron chi connectivity index (χ4n) is 4.76. The van der Waals surface area contributed by atoms with Crippen LogP contribution in [0, 0.1) is 0 Å². The van der Waals surface area contributed by atoms with Gasteiger partial charge in [-0.05, 0) is 29.3 Å². The van der Waals surface area contributed by atoms with Crippen LogP contribution < -0.4 is 0 Å². The van der Waals surface area contributed by atoms with Crippen LogP contribution in [0.4, 0.5) is 0 Å². The molecule has 0 aliphatic carbocycles. The summed E-state index contributed by atoms with van der Waals surface area (Å²) >= 11 is 0. The maximum atomic E-state index is 6.34. The third-order valence-electron chi connectivity index (χ3n) is 6.53. The number of hydrogen-bond acceptors (Lipinski definition) is 4. The zero-order valence-corrected chi connectivity index (χ0v) is 19.9. The molecule has 0 saturated heterocycles. The summed E-state index contributed by atoms with van der Waals surface area (Å²) < 4.78 is 6.34. The van der Waals surface area contributed by atoms with Crippen molar-refractivity contribution >= 4 is 21.9 Å². The summed E-state index contributed by atoms with van der Waals surface area (Å²) in [5.74, 6) is 1.88. The van der Waals surface area contributed by atoms with Crippen molar-refractivity contribution < 1.29 is 4.42 Å². The van der Waals surface area contributed by atoms with E-state index in [4.69, 9.17) is 19.4 Å². The Morgan fingerprint density at radius 1 is 0.405 bits per heavy atom. The van der Waals surface area contributed by atoms with Crippen LogP contribution in [0.25, 0.3) is 67.2 Å². The van der Waals surface area contributed by atoms with Crippen LogP contribution in [0.2, 0.25) is 0 Å². The van der Waals surface area contributed by atoms with E-state index in [9.17, 15) is 0 Å². The number of aromatic nitrogens is 3. The van der Waals surface area contributed by atoms with E-state index in [1.807, 2.05) is 97.1 Å². The lowest BCUT2D eigenvalue weighted by molar-refractivity contribution is 0.669. The van der Waals surface area contributed by atoms with Gasteiger partial charge in [0.25, 0.3) is 0 Å². The quantitative estimate of drug-likeness (QED) is 0.256. The van der Waals surface area contributed by atoms with E-state index in [0.29, 0.717) is 17.5 Å². The lowest BCUT2D eigenvalue weighted by Crippen LogP contribution is -2.00. The highest BCUT2D eigenvalue weighted by molar-refractivity contribution is 6.13. The molecule has 0 spiro atoms. The minimum atomic E-state index is 0.613. The summed E-state index contributed by atoms with van der Waals surface area (Å²) in [5, 5.41) is 2.04. The standard InChI is InChI=1S/C33H21N3O/c1-4-12-22(13-5-1)25-20-27(30-26-18-10-11-19-28(26)37-29(30)21-25)33-35-31(23-14-6-2-7-15-23)34-32(36-33)24-16-8-3-9-17-24/h1-21H. The summed E-state index contributed by atoms with van der Waals surface area (Å²) in [6, 6.07) is 42.8. The monoisotopic (exact) mass is 475 g/mol. The molecule has 0 bridgehead atoms. The zero-order valence-electron chi connectivity index (χ0n) is 19.9. The number of fused-ring (bicyclic) bond motifs is 3. The number of nitrogens with zero attached hydrogens (tertiary/aromatic N) is 3. The van der Waals surface area contributed by atoms with Crippen molar-refractivity contribution in [3.05, 3.63) is 127 Å². The predicted molar refractivity (Wildman–Crippen MR) is 149 cm³/mol. The Morgan fingerprint density at radius 3 is 1.54 bits per heavy atom. The van der Waals surface area contributed by atoms with E-state index >= 15 is 0 Å². The van der Waals surface area contributed by atoms with Gasteiger partial charge in [-0.15, -0.1) is 0 Å². The molecule has 2 heterocycles. The molecule has 0 saturated carbocycles. The van der Waals surface area contributed by atoms with Crippen molar-refractivity contribution in [1.82, 2.24) is 15.0 Å². The zero-order chi connectivity index (χ0) is 24.6. The molecule has 5 aromatic carbocycles. The van der Waals surface area contributed by atoms with E-state index in [-0.39, 0.29) is 0 Å². The van der Waals surface area contributed by atoms with Crippen molar-refractivity contribution in [3.8, 4) is 45.3 Å². The molecule has 4 heteroatoms. The Bertz CT molecular complexity index is 1800. The summed E-state index contributed by atoms with van der Waals surface area (Å²) in [6.07, 6.45) is 0. The first-order valence-electron chi connectivity index (χ1n) is 12.2. The van der Waals surface area contributed by atoms with Gasteiger partial charge in [0.05, 0.1) is 0 Å². The first kappa shape index (κ1) is 21.2. The molecule has 0 aliphatic heterocycles. The largest absolute Gasteiger partial charge is 0.456 e. The SMILES string of the molecule is c1ccc(-c2cc(-c3nc(-c4ccccc4)nc(-c4ccccc4)n3)c3c(c2)oc2ccccc23)cc1. The molecule has 0 atom stereocenters. The highest BCUT2D eigenvalue weighted by Gasteiger charge is 2.19. The molecule has 0 N–H and O–H groups in total. The van der Waals surface area contributed by atoms with Gasteiger partial charge in [-0.1, -0.05) is 109 Å². The number of para-hydroxylation sites is 1. The van der Waals surface area contributed by atoms with E-state index in [1.54, 1.807) is 0 Å². The number of hydrogen-bond donors (Lipinski definition) is 0. The highest BCUT2D eigenvalue weighted by atomic mass is 16.3. The molecule has 7 aromatic rings. The van der Waals surface area contributed by atoms with Crippen molar-refractivity contribution in [3.63, 3.8) is 0 Å². The first-order chi connectivity index (χ1) is 18.3. The highest BCUT2D eigenvalue weighted by Crippen LogP contribution is 2.39. The average Bonchev–Trinajstić information content (AvgIpc) is 3.36. The molecule has 7 rings (SSSR count). The van der Waals surface area contributed by atoms with Crippen LogP contribution in [0.3, 0.4) is 0 Å². The molecule has 2 aromatic heterocycles. The van der Waals surface area contributed by atoms with Crippen LogP contribution in [0.5, 0.6) is 0 Å². The lowest BCUT2D eigenvalue weighted by atomic mass is 9.98. The molecule has 174 valence electrons. The Hall–Kier alpha value is -5.09. The first-order valence-corrected chi connectivity index (χ1v) is 12.2. The van der Waals surface area contributed by atoms with Gasteiger partial charge in [-0.25, -0.2) is 15.0 Å². The normalized spacial score (nSPS) is 11.2. The van der Waals surface area contributed by atoms with E-state index in [2.05, 4.69) is 30.3 Å². The van der Waals surface area contributed by atoms with Gasteiger partial charge in [0.2, 0.25) is 0 Å². The minimum Gasteiger partial charge on any atom is -0.456 e. The summed E-state index contributed by atoms with van der Waals surface area (Å²) in [7, 11) is 0. The predicted octanol–water partition coefficient (Wildman–Crippen LogP) is 8.44. The molecule has 0 aliphatic rings. The third-order valence-corrected chi connectivity index (χ3v) is 6.53. The maximum Gasteiger partial charge on any atom is 0.164 e. The van der Waals surface area contributed by atoms with Crippen molar-refractivity contribution in [2.45, 2.75) is 0 Å². The molecular weight excluding hydrogens is 454 g/mol. The fraction of sp³-hybridized carbons (Fsp3) is 0. The van der Waals surface area contributed by atoms with Crippen molar-refractivity contribution in [2.75, 3.05) is 0 Å². The van der Waals surface area contributed by atoms with E-state index in [1.165, 1.54) is 0 Å². The molecule has 0 amide bonds.